The molecule has 0 radical (unpaired) electrons. The average Bonchev–Trinajstić information content (AvgIpc) is 3.28. The number of halogens is 6. The molecule has 4 nitrogen and oxygen atoms in total. The van der Waals surface area contributed by atoms with Crippen LogP contribution < -0.4 is 11.5 Å². The number of benzene rings is 2. The monoisotopic (exact) mass is 478 g/mol. The molecular weight excluding hydrogens is 450 g/mol. The number of alkyl halides is 6. The number of primary amides is 1. The molecule has 1 aliphatic carbocycles. The number of nitrogens with two attached hydrogens (primary N) is 2. The molecule has 1 saturated carbocycles. The summed E-state index contributed by atoms with van der Waals surface area (Å²) in [7, 11) is 0. The summed E-state index contributed by atoms with van der Waals surface area (Å²) in [6, 6.07) is 11.9. The number of rotatable bonds is 3. The van der Waals surface area contributed by atoms with Gasteiger partial charge in [-0.3, -0.25) is 4.79 Å². The highest BCUT2D eigenvalue weighted by Crippen LogP contribution is 2.37. The molecule has 1 aliphatic rings. The van der Waals surface area contributed by atoms with Gasteiger partial charge in [0.25, 0.3) is 0 Å². The SMILES string of the molecule is C[C@@H](O)c1cc(C(F)(F)F)cc(C(F)(F)F)c1.NCC(N)=O.c1ccc(C2CCCC2)cc1. The zero-order valence-electron chi connectivity index (χ0n) is 18.1. The van der Waals surface area contributed by atoms with Crippen molar-refractivity contribution in [1.29, 1.82) is 0 Å². The molecule has 0 saturated heterocycles. The standard InChI is InChI=1S/C11H14.C10H8F6O.C2H6N2O/c1-2-6-10(7-3-1)11-8-4-5-9-11;1-5(17)6-2-7(9(11,12)13)4-8(3-6)10(14,15)16;3-1-2(4)5/h1-3,6-7,11H,4-5,8-9H2;2-5,17H,1H3;1,3H2,(H2,4,5)/t;5-;/m.1./s1. The first kappa shape index (κ1) is 28.4. The van der Waals surface area contributed by atoms with E-state index in [1.165, 1.54) is 25.7 Å². The van der Waals surface area contributed by atoms with E-state index in [1.54, 1.807) is 5.56 Å². The van der Waals surface area contributed by atoms with E-state index in [0.29, 0.717) is 12.1 Å². The Labute approximate surface area is 188 Å². The molecular formula is C23H28F6N2O2. The van der Waals surface area contributed by atoms with Gasteiger partial charge in [0.15, 0.2) is 0 Å². The zero-order valence-corrected chi connectivity index (χ0v) is 18.1. The second-order valence-corrected chi connectivity index (χ2v) is 7.58. The number of hydrogen-bond acceptors (Lipinski definition) is 3. The van der Waals surface area contributed by atoms with Crippen LogP contribution in [0.15, 0.2) is 48.5 Å². The van der Waals surface area contributed by atoms with Gasteiger partial charge in [-0.1, -0.05) is 43.2 Å². The lowest BCUT2D eigenvalue weighted by Gasteiger charge is -2.15. The minimum atomic E-state index is -4.88. The normalized spacial score (nSPS) is 15.1. The first-order valence-electron chi connectivity index (χ1n) is 10.3. The lowest BCUT2D eigenvalue weighted by molar-refractivity contribution is -0.143. The van der Waals surface area contributed by atoms with Gasteiger partial charge in [-0.15, -0.1) is 0 Å². The molecule has 5 N–H and O–H groups in total. The Bertz CT molecular complexity index is 829. The fourth-order valence-corrected chi connectivity index (χ4v) is 3.20. The summed E-state index contributed by atoms with van der Waals surface area (Å²) in [6.45, 7) is 1.04. The Kier molecular flexibility index (Phi) is 10.9. The Balaban J connectivity index is 0.000000289. The van der Waals surface area contributed by atoms with Crippen molar-refractivity contribution < 1.29 is 36.2 Å². The number of hydrogen-bond donors (Lipinski definition) is 3. The Morgan fingerprint density at radius 3 is 1.73 bits per heavy atom. The van der Waals surface area contributed by atoms with Crippen LogP contribution in [0.5, 0.6) is 0 Å². The fourth-order valence-electron chi connectivity index (χ4n) is 3.20. The van der Waals surface area contributed by atoms with Crippen molar-refractivity contribution in [3.05, 3.63) is 70.8 Å². The molecule has 10 heteroatoms. The fraction of sp³-hybridized carbons (Fsp3) is 0.435. The van der Waals surface area contributed by atoms with E-state index < -0.39 is 41.1 Å². The van der Waals surface area contributed by atoms with Crippen molar-refractivity contribution in [2.45, 2.75) is 57.0 Å². The smallest absolute Gasteiger partial charge is 0.389 e. The highest BCUT2D eigenvalue weighted by Gasteiger charge is 2.37. The molecule has 0 spiro atoms. The van der Waals surface area contributed by atoms with Gasteiger partial charge in [-0.2, -0.15) is 26.3 Å². The molecule has 0 aromatic heterocycles. The Morgan fingerprint density at radius 2 is 1.39 bits per heavy atom. The molecule has 0 unspecified atom stereocenters. The van der Waals surface area contributed by atoms with Gasteiger partial charge < -0.3 is 16.6 Å². The molecule has 0 heterocycles. The lowest BCUT2D eigenvalue weighted by atomic mass is 9.98. The third-order valence-electron chi connectivity index (χ3n) is 4.92. The summed E-state index contributed by atoms with van der Waals surface area (Å²) in [6.07, 6.45) is -5.50. The number of carbonyl (C=O) groups is 1. The third-order valence-corrected chi connectivity index (χ3v) is 4.92. The second kappa shape index (κ2) is 12.6. The average molecular weight is 478 g/mol. The molecule has 33 heavy (non-hydrogen) atoms. The zero-order chi connectivity index (χ0) is 25.2. The van der Waals surface area contributed by atoms with Crippen LogP contribution in [0, 0.1) is 0 Å². The molecule has 1 atom stereocenters. The summed E-state index contributed by atoms with van der Waals surface area (Å²) in [5, 5.41) is 9.07. The maximum absolute atomic E-state index is 12.4. The molecule has 2 aromatic rings. The van der Waals surface area contributed by atoms with Crippen LogP contribution in [0.25, 0.3) is 0 Å². The number of amides is 1. The second-order valence-electron chi connectivity index (χ2n) is 7.58. The molecule has 0 aliphatic heterocycles. The highest BCUT2D eigenvalue weighted by atomic mass is 19.4. The highest BCUT2D eigenvalue weighted by molar-refractivity contribution is 5.75. The summed E-state index contributed by atoms with van der Waals surface area (Å²) in [5.41, 5.74) is 7.49. The Morgan fingerprint density at radius 1 is 0.970 bits per heavy atom. The van der Waals surface area contributed by atoms with Gasteiger partial charge in [0.2, 0.25) is 5.91 Å². The van der Waals surface area contributed by atoms with Gasteiger partial charge in [-0.25, -0.2) is 0 Å². The maximum Gasteiger partial charge on any atom is 0.416 e. The van der Waals surface area contributed by atoms with Crippen molar-refractivity contribution >= 4 is 5.91 Å². The first-order chi connectivity index (χ1) is 15.3. The lowest BCUT2D eigenvalue weighted by Crippen LogP contribution is -2.21. The summed E-state index contributed by atoms with van der Waals surface area (Å²) in [5.74, 6) is 0.404. The molecule has 0 bridgehead atoms. The largest absolute Gasteiger partial charge is 0.416 e. The van der Waals surface area contributed by atoms with Crippen molar-refractivity contribution in [1.82, 2.24) is 0 Å². The van der Waals surface area contributed by atoms with Crippen molar-refractivity contribution in [2.75, 3.05) is 6.54 Å². The van der Waals surface area contributed by atoms with E-state index >= 15 is 0 Å². The van der Waals surface area contributed by atoms with E-state index in [0.717, 1.165) is 12.8 Å². The number of aliphatic hydroxyl groups excluding tert-OH is 1. The Hall–Kier alpha value is -2.59. The van der Waals surface area contributed by atoms with Gasteiger partial charge in [0, 0.05) is 0 Å². The maximum atomic E-state index is 12.4. The third kappa shape index (κ3) is 10.3. The van der Waals surface area contributed by atoms with Crippen molar-refractivity contribution in [2.24, 2.45) is 11.5 Å². The summed E-state index contributed by atoms with van der Waals surface area (Å²) in [4.78, 5) is 9.47. The predicted octanol–water partition coefficient (Wildman–Crippen LogP) is 5.55. The molecule has 3 rings (SSSR count). The van der Waals surface area contributed by atoms with Crippen LogP contribution in [-0.2, 0) is 17.1 Å². The van der Waals surface area contributed by atoms with E-state index in [-0.39, 0.29) is 12.6 Å². The number of carbonyl (C=O) groups excluding carboxylic acids is 1. The van der Waals surface area contributed by atoms with Crippen LogP contribution in [-0.4, -0.2) is 17.6 Å². The summed E-state index contributed by atoms with van der Waals surface area (Å²) < 4.78 is 74.1. The minimum absolute atomic E-state index is 0.0197. The van der Waals surface area contributed by atoms with Gasteiger partial charge in [0.05, 0.1) is 23.8 Å². The van der Waals surface area contributed by atoms with E-state index in [1.807, 2.05) is 0 Å². The van der Waals surface area contributed by atoms with Crippen LogP contribution in [0.4, 0.5) is 26.3 Å². The van der Waals surface area contributed by atoms with Crippen LogP contribution in [0.1, 0.15) is 66.9 Å². The van der Waals surface area contributed by atoms with Crippen LogP contribution >= 0.6 is 0 Å². The van der Waals surface area contributed by atoms with Crippen molar-refractivity contribution in [3.63, 3.8) is 0 Å². The molecule has 2 aromatic carbocycles. The van der Waals surface area contributed by atoms with Crippen molar-refractivity contribution in [3.8, 4) is 0 Å². The van der Waals surface area contributed by atoms with Crippen LogP contribution in [0.2, 0.25) is 0 Å². The van der Waals surface area contributed by atoms with Gasteiger partial charge in [-0.05, 0) is 55.0 Å². The van der Waals surface area contributed by atoms with E-state index in [2.05, 4.69) is 36.1 Å². The molecule has 184 valence electrons. The van der Waals surface area contributed by atoms with E-state index in [9.17, 15) is 31.1 Å². The first-order valence-corrected chi connectivity index (χ1v) is 10.3. The van der Waals surface area contributed by atoms with E-state index in [4.69, 9.17) is 10.8 Å². The summed E-state index contributed by atoms with van der Waals surface area (Å²) >= 11 is 0. The van der Waals surface area contributed by atoms with Gasteiger partial charge in [0.1, 0.15) is 0 Å². The topological polar surface area (TPSA) is 89.3 Å². The minimum Gasteiger partial charge on any atom is -0.389 e. The van der Waals surface area contributed by atoms with Crippen LogP contribution in [0.3, 0.4) is 0 Å². The van der Waals surface area contributed by atoms with Gasteiger partial charge >= 0.3 is 12.4 Å². The molecule has 1 amide bonds. The predicted molar refractivity (Wildman–Crippen MR) is 113 cm³/mol. The number of aliphatic hydroxyl groups is 1. The quantitative estimate of drug-likeness (QED) is 0.505. The molecule has 1 fully saturated rings.